The minimum Gasteiger partial charge on any atom is -0.465 e. The molecular weight excluding hydrogens is 281 g/mol. The van der Waals surface area contributed by atoms with Crippen LogP contribution < -0.4 is 17.0 Å². The molecule has 0 aliphatic rings. The number of hydrogen-bond acceptors (Lipinski definition) is 5. The molecule has 0 unspecified atom stereocenters. The van der Waals surface area contributed by atoms with Crippen molar-refractivity contribution in [3.8, 4) is 0 Å². The van der Waals surface area contributed by atoms with Gasteiger partial charge in [-0.1, -0.05) is 0 Å². The molecule has 0 aliphatic carbocycles. The number of rotatable bonds is 4. The normalized spacial score (nSPS) is 10.6. The molecule has 0 aliphatic heterocycles. The van der Waals surface area contributed by atoms with Crippen LogP contribution in [0.2, 0.25) is 0 Å². The zero-order chi connectivity index (χ0) is 14.7. The number of furan rings is 1. The van der Waals surface area contributed by atoms with Gasteiger partial charge in [-0.25, -0.2) is 10.2 Å². The van der Waals surface area contributed by atoms with Crippen LogP contribution in [0.5, 0.6) is 0 Å². The number of halogens is 1. The number of aryl methyl sites for hydroxylation is 1. The van der Waals surface area contributed by atoms with Crippen molar-refractivity contribution in [1.29, 1.82) is 0 Å². The number of anilines is 1. The van der Waals surface area contributed by atoms with Crippen LogP contribution in [0.15, 0.2) is 33.6 Å². The molecule has 1 heterocycles. The van der Waals surface area contributed by atoms with Gasteiger partial charge in [0.25, 0.3) is 5.91 Å². The van der Waals surface area contributed by atoms with Gasteiger partial charge in [-0.05, 0) is 31.2 Å². The van der Waals surface area contributed by atoms with Crippen molar-refractivity contribution < 1.29 is 13.6 Å². The van der Waals surface area contributed by atoms with Crippen molar-refractivity contribution in [2.24, 2.45) is 5.84 Å². The molecule has 5 N–H and O–H groups in total. The van der Waals surface area contributed by atoms with Gasteiger partial charge < -0.3 is 10.2 Å². The lowest BCUT2D eigenvalue weighted by Gasteiger charge is -2.01. The fraction of sp³-hybridized carbons (Fsp3) is 0.154. The van der Waals surface area contributed by atoms with E-state index >= 15 is 0 Å². The molecule has 2 rings (SSSR count). The molecule has 1 aromatic carbocycles. The summed E-state index contributed by atoms with van der Waals surface area (Å²) in [5.74, 6) is 5.84. The first-order valence-corrected chi connectivity index (χ1v) is 6.77. The molecule has 0 radical (unpaired) electrons. The van der Waals surface area contributed by atoms with Crippen LogP contribution in [0.4, 0.5) is 10.1 Å². The Hall–Kier alpha value is -1.99. The third-order valence-corrected chi connectivity index (χ3v) is 3.62. The summed E-state index contributed by atoms with van der Waals surface area (Å²) in [7, 11) is 0. The van der Waals surface area contributed by atoms with E-state index in [2.05, 4.69) is 5.43 Å². The predicted octanol–water partition coefficient (Wildman–Crippen LogP) is 2.21. The maximum Gasteiger partial charge on any atom is 0.268 e. The summed E-state index contributed by atoms with van der Waals surface area (Å²) in [5, 5.41) is 0. The number of thioether (sulfide) groups is 1. The van der Waals surface area contributed by atoms with Gasteiger partial charge in [-0.2, -0.15) is 0 Å². The summed E-state index contributed by atoms with van der Waals surface area (Å²) in [6.45, 7) is 1.68. The highest BCUT2D eigenvalue weighted by Crippen LogP contribution is 2.27. The second-order valence-electron chi connectivity index (χ2n) is 4.16. The van der Waals surface area contributed by atoms with E-state index in [0.717, 1.165) is 0 Å². The number of hydrazine groups is 1. The first-order chi connectivity index (χ1) is 9.49. The van der Waals surface area contributed by atoms with E-state index in [1.165, 1.54) is 23.9 Å². The average Bonchev–Trinajstić information content (AvgIpc) is 2.76. The number of carbonyl (C=O) groups is 1. The first-order valence-electron chi connectivity index (χ1n) is 5.78. The third kappa shape index (κ3) is 3.31. The average molecular weight is 295 g/mol. The van der Waals surface area contributed by atoms with Crippen LogP contribution in [-0.4, -0.2) is 5.91 Å². The predicted molar refractivity (Wildman–Crippen MR) is 75.5 cm³/mol. The third-order valence-electron chi connectivity index (χ3n) is 2.62. The number of hydrogen-bond donors (Lipinski definition) is 3. The van der Waals surface area contributed by atoms with Crippen LogP contribution in [-0.2, 0) is 5.75 Å². The molecule has 0 bridgehead atoms. The molecule has 1 amide bonds. The molecule has 20 heavy (non-hydrogen) atoms. The van der Waals surface area contributed by atoms with Crippen molar-refractivity contribution in [2.45, 2.75) is 17.6 Å². The van der Waals surface area contributed by atoms with E-state index in [9.17, 15) is 9.18 Å². The monoisotopic (exact) mass is 295 g/mol. The lowest BCUT2D eigenvalue weighted by atomic mass is 10.2. The lowest BCUT2D eigenvalue weighted by Crippen LogP contribution is -2.30. The zero-order valence-corrected chi connectivity index (χ0v) is 11.6. The Morgan fingerprint density at radius 2 is 2.15 bits per heavy atom. The van der Waals surface area contributed by atoms with Crippen molar-refractivity contribution >= 4 is 23.4 Å². The van der Waals surface area contributed by atoms with Crippen molar-refractivity contribution in [2.75, 3.05) is 5.73 Å². The van der Waals surface area contributed by atoms with Gasteiger partial charge in [-0.15, -0.1) is 11.8 Å². The Kier molecular flexibility index (Phi) is 4.31. The first kappa shape index (κ1) is 14.4. The Bertz CT molecular complexity index is 622. The highest BCUT2D eigenvalue weighted by Gasteiger charge is 2.14. The Morgan fingerprint density at radius 3 is 2.80 bits per heavy atom. The molecule has 2 aromatic rings. The summed E-state index contributed by atoms with van der Waals surface area (Å²) < 4.78 is 18.6. The van der Waals surface area contributed by atoms with Crippen LogP contribution >= 0.6 is 11.8 Å². The number of carbonyl (C=O) groups excluding carboxylic acids is 1. The summed E-state index contributed by atoms with van der Waals surface area (Å²) in [6.07, 6.45) is 0. The quantitative estimate of drug-likeness (QED) is 0.264. The van der Waals surface area contributed by atoms with E-state index in [0.29, 0.717) is 33.4 Å². The van der Waals surface area contributed by atoms with E-state index in [-0.39, 0.29) is 5.82 Å². The fourth-order valence-electron chi connectivity index (χ4n) is 1.74. The lowest BCUT2D eigenvalue weighted by molar-refractivity contribution is 0.0952. The number of nitrogen functional groups attached to an aromatic ring is 2. The smallest absolute Gasteiger partial charge is 0.268 e. The zero-order valence-electron chi connectivity index (χ0n) is 10.8. The standard InChI is InChI=1S/C13H14FN3O2S/c1-7-12(13(18)17-16)5-10(19-7)6-20-11-3-8(14)2-9(15)4-11/h2-5H,6,15-16H2,1H3,(H,17,18). The highest BCUT2D eigenvalue weighted by atomic mass is 32.2. The molecule has 7 heteroatoms. The molecule has 0 spiro atoms. The van der Waals surface area contributed by atoms with E-state index in [4.69, 9.17) is 16.0 Å². The summed E-state index contributed by atoms with van der Waals surface area (Å²) in [4.78, 5) is 12.1. The topological polar surface area (TPSA) is 94.3 Å². The maximum atomic E-state index is 13.2. The number of benzene rings is 1. The maximum absolute atomic E-state index is 13.2. The summed E-state index contributed by atoms with van der Waals surface area (Å²) >= 11 is 1.37. The van der Waals surface area contributed by atoms with Gasteiger partial charge in [0, 0.05) is 10.6 Å². The molecule has 106 valence electrons. The summed E-state index contributed by atoms with van der Waals surface area (Å²) in [5.41, 5.74) is 8.38. The molecule has 0 fully saturated rings. The molecule has 0 atom stereocenters. The van der Waals surface area contributed by atoms with Gasteiger partial charge in [-0.3, -0.25) is 10.2 Å². The fourth-order valence-corrected chi connectivity index (χ4v) is 2.61. The Morgan fingerprint density at radius 1 is 1.40 bits per heavy atom. The largest absolute Gasteiger partial charge is 0.465 e. The van der Waals surface area contributed by atoms with Gasteiger partial charge in [0.15, 0.2) is 0 Å². The number of nitrogens with two attached hydrogens (primary N) is 2. The van der Waals surface area contributed by atoms with Crippen LogP contribution in [0.25, 0.3) is 0 Å². The van der Waals surface area contributed by atoms with Crippen molar-refractivity contribution in [3.05, 3.63) is 47.2 Å². The SMILES string of the molecule is Cc1oc(CSc2cc(N)cc(F)c2)cc1C(=O)NN. The minimum absolute atomic E-state index is 0.367. The molecule has 0 saturated heterocycles. The van der Waals surface area contributed by atoms with E-state index in [1.54, 1.807) is 19.1 Å². The van der Waals surface area contributed by atoms with Gasteiger partial charge in [0.05, 0.1) is 11.3 Å². The van der Waals surface area contributed by atoms with E-state index < -0.39 is 5.91 Å². The second-order valence-corrected chi connectivity index (χ2v) is 5.21. The van der Waals surface area contributed by atoms with Crippen LogP contribution in [0.1, 0.15) is 21.9 Å². The van der Waals surface area contributed by atoms with Gasteiger partial charge in [0.1, 0.15) is 17.3 Å². The van der Waals surface area contributed by atoms with Crippen molar-refractivity contribution in [1.82, 2.24) is 5.43 Å². The second kappa shape index (κ2) is 5.98. The van der Waals surface area contributed by atoms with Gasteiger partial charge in [0.2, 0.25) is 0 Å². The Labute approximate surface area is 119 Å². The van der Waals surface area contributed by atoms with Crippen LogP contribution in [0.3, 0.4) is 0 Å². The molecule has 0 saturated carbocycles. The summed E-state index contributed by atoms with van der Waals surface area (Å²) in [6, 6.07) is 5.94. The number of nitrogens with one attached hydrogen (secondary N) is 1. The van der Waals surface area contributed by atoms with Crippen LogP contribution in [0, 0.1) is 12.7 Å². The van der Waals surface area contributed by atoms with E-state index in [1.807, 2.05) is 0 Å². The molecule has 1 aromatic heterocycles. The molecular formula is C13H14FN3O2S. The van der Waals surface area contributed by atoms with Gasteiger partial charge >= 0.3 is 0 Å². The highest BCUT2D eigenvalue weighted by molar-refractivity contribution is 7.98. The van der Waals surface area contributed by atoms with Crippen molar-refractivity contribution in [3.63, 3.8) is 0 Å². The molecule has 5 nitrogen and oxygen atoms in total. The number of amides is 1. The minimum atomic E-state index is -0.405. The Balaban J connectivity index is 2.09.